The number of esters is 1. The number of hydrogen-bond donors (Lipinski definition) is 1. The number of rotatable bonds is 5. The van der Waals surface area contributed by atoms with Gasteiger partial charge < -0.3 is 10.5 Å². The molecule has 0 rings (SSSR count). The van der Waals surface area contributed by atoms with Crippen molar-refractivity contribution in [3.63, 3.8) is 0 Å². The van der Waals surface area contributed by atoms with Gasteiger partial charge in [-0.15, -0.1) is 0 Å². The lowest BCUT2D eigenvalue weighted by molar-refractivity contribution is -0.146. The highest BCUT2D eigenvalue weighted by molar-refractivity contribution is 5.75. The number of nitrogens with two attached hydrogens (primary N) is 1. The van der Waals surface area contributed by atoms with Gasteiger partial charge in [-0.3, -0.25) is 4.79 Å². The number of ether oxygens (including phenoxy) is 1. The first-order valence-electron chi connectivity index (χ1n) is 4.35. The predicted molar refractivity (Wildman–Crippen MR) is 44.5 cm³/mol. The van der Waals surface area contributed by atoms with Gasteiger partial charge in [0.1, 0.15) is 6.04 Å². The molecule has 0 aliphatic rings. The van der Waals surface area contributed by atoms with Crippen LogP contribution in [-0.2, 0) is 9.53 Å². The lowest BCUT2D eigenvalue weighted by Crippen LogP contribution is -2.32. The van der Waals surface area contributed by atoms with E-state index >= 15 is 0 Å². The molecule has 0 aromatic heterocycles. The van der Waals surface area contributed by atoms with E-state index < -0.39 is 24.6 Å². The van der Waals surface area contributed by atoms with Gasteiger partial charge in [-0.25, -0.2) is 0 Å². The SMILES string of the molecule is CCOC(=O)C(N)CCCC(F)(F)F. The zero-order valence-electron chi connectivity index (χ0n) is 7.93. The second-order valence-corrected chi connectivity index (χ2v) is 2.87. The minimum Gasteiger partial charge on any atom is -0.465 e. The first-order valence-corrected chi connectivity index (χ1v) is 4.35. The zero-order chi connectivity index (χ0) is 11.2. The van der Waals surface area contributed by atoms with Gasteiger partial charge in [0, 0.05) is 6.42 Å². The molecule has 0 aliphatic carbocycles. The fourth-order valence-electron chi connectivity index (χ4n) is 0.890. The summed E-state index contributed by atoms with van der Waals surface area (Å²) in [7, 11) is 0. The summed E-state index contributed by atoms with van der Waals surface area (Å²) in [6.07, 6.45) is -5.25. The molecule has 3 nitrogen and oxygen atoms in total. The molecule has 1 unspecified atom stereocenters. The van der Waals surface area contributed by atoms with Crippen molar-refractivity contribution in [2.45, 2.75) is 38.4 Å². The summed E-state index contributed by atoms with van der Waals surface area (Å²) >= 11 is 0. The fourth-order valence-corrected chi connectivity index (χ4v) is 0.890. The summed E-state index contributed by atoms with van der Waals surface area (Å²) in [6, 6.07) is -0.947. The van der Waals surface area contributed by atoms with Crippen LogP contribution in [0.1, 0.15) is 26.2 Å². The van der Waals surface area contributed by atoms with E-state index in [0.717, 1.165) is 0 Å². The van der Waals surface area contributed by atoms with Crippen molar-refractivity contribution in [1.82, 2.24) is 0 Å². The Hall–Kier alpha value is -0.780. The van der Waals surface area contributed by atoms with Gasteiger partial charge in [0.25, 0.3) is 0 Å². The first-order chi connectivity index (χ1) is 6.37. The minimum atomic E-state index is -4.19. The fraction of sp³-hybridized carbons (Fsp3) is 0.875. The minimum absolute atomic E-state index is 0.00164. The van der Waals surface area contributed by atoms with Gasteiger partial charge in [0.05, 0.1) is 6.61 Å². The van der Waals surface area contributed by atoms with Crippen LogP contribution < -0.4 is 5.73 Å². The summed E-state index contributed by atoms with van der Waals surface area (Å²) < 4.78 is 39.6. The zero-order valence-corrected chi connectivity index (χ0v) is 7.93. The van der Waals surface area contributed by atoms with E-state index in [9.17, 15) is 18.0 Å². The summed E-state index contributed by atoms with van der Waals surface area (Å²) in [5, 5.41) is 0. The van der Waals surface area contributed by atoms with Gasteiger partial charge in [0.15, 0.2) is 0 Å². The van der Waals surface area contributed by atoms with Crippen LogP contribution in [0.15, 0.2) is 0 Å². The second-order valence-electron chi connectivity index (χ2n) is 2.87. The molecule has 0 saturated carbocycles. The van der Waals surface area contributed by atoms with Gasteiger partial charge in [-0.1, -0.05) is 0 Å². The lowest BCUT2D eigenvalue weighted by Gasteiger charge is -2.11. The van der Waals surface area contributed by atoms with Crippen LogP contribution in [0.4, 0.5) is 13.2 Å². The lowest BCUT2D eigenvalue weighted by atomic mass is 10.1. The van der Waals surface area contributed by atoms with Gasteiger partial charge >= 0.3 is 12.1 Å². The maximum atomic E-state index is 11.7. The first kappa shape index (κ1) is 13.2. The van der Waals surface area contributed by atoms with Gasteiger partial charge in [-0.05, 0) is 19.8 Å². The Morgan fingerprint density at radius 2 is 2.07 bits per heavy atom. The van der Waals surface area contributed by atoms with Crippen LogP contribution in [0.3, 0.4) is 0 Å². The summed E-state index contributed by atoms with van der Waals surface area (Å²) in [5.74, 6) is -0.644. The van der Waals surface area contributed by atoms with E-state index in [4.69, 9.17) is 5.73 Å². The van der Waals surface area contributed by atoms with Crippen LogP contribution in [-0.4, -0.2) is 24.8 Å². The van der Waals surface area contributed by atoms with Crippen molar-refractivity contribution >= 4 is 5.97 Å². The normalized spacial score (nSPS) is 13.8. The van der Waals surface area contributed by atoms with Crippen LogP contribution in [0.5, 0.6) is 0 Å². The second kappa shape index (κ2) is 5.85. The largest absolute Gasteiger partial charge is 0.465 e. The van der Waals surface area contributed by atoms with Crippen molar-refractivity contribution in [3.05, 3.63) is 0 Å². The smallest absolute Gasteiger partial charge is 0.389 e. The maximum absolute atomic E-state index is 11.7. The molecule has 0 amide bonds. The molecule has 0 fully saturated rings. The third-order valence-electron chi connectivity index (χ3n) is 1.56. The Bertz CT molecular complexity index is 182. The molecule has 0 saturated heterocycles. The van der Waals surface area contributed by atoms with Crippen molar-refractivity contribution in [2.24, 2.45) is 5.73 Å². The molecule has 0 spiro atoms. The summed E-state index contributed by atoms with van der Waals surface area (Å²) in [5.41, 5.74) is 5.29. The molecule has 0 bridgehead atoms. The highest BCUT2D eigenvalue weighted by atomic mass is 19.4. The average Bonchev–Trinajstić information content (AvgIpc) is 2.02. The average molecular weight is 213 g/mol. The molecule has 0 heterocycles. The van der Waals surface area contributed by atoms with E-state index in [0.29, 0.717) is 0 Å². The molecule has 84 valence electrons. The maximum Gasteiger partial charge on any atom is 0.389 e. The number of carbonyl (C=O) groups is 1. The molecular formula is C8H14F3NO2. The van der Waals surface area contributed by atoms with Crippen molar-refractivity contribution in [1.29, 1.82) is 0 Å². The van der Waals surface area contributed by atoms with Crippen molar-refractivity contribution < 1.29 is 22.7 Å². The highest BCUT2D eigenvalue weighted by Crippen LogP contribution is 2.22. The molecule has 0 aromatic carbocycles. The molecule has 0 radical (unpaired) electrons. The number of halogens is 3. The Morgan fingerprint density at radius 3 is 2.50 bits per heavy atom. The summed E-state index contributed by atoms with van der Waals surface area (Å²) in [4.78, 5) is 10.9. The quantitative estimate of drug-likeness (QED) is 0.706. The van der Waals surface area contributed by atoms with Crippen LogP contribution in [0, 0.1) is 0 Å². The topological polar surface area (TPSA) is 52.3 Å². The Labute approximate surface area is 80.4 Å². The van der Waals surface area contributed by atoms with Crippen LogP contribution in [0.25, 0.3) is 0 Å². The van der Waals surface area contributed by atoms with E-state index in [1.807, 2.05) is 0 Å². The van der Waals surface area contributed by atoms with Gasteiger partial charge in [-0.2, -0.15) is 13.2 Å². The van der Waals surface area contributed by atoms with E-state index in [1.54, 1.807) is 6.92 Å². The number of carbonyl (C=O) groups excluding carboxylic acids is 1. The number of hydrogen-bond acceptors (Lipinski definition) is 3. The van der Waals surface area contributed by atoms with E-state index in [1.165, 1.54) is 0 Å². The standard InChI is InChI=1S/C8H14F3NO2/c1-2-14-7(13)6(12)4-3-5-8(9,10)11/h6H,2-5,12H2,1H3. The molecule has 1 atom stereocenters. The van der Waals surface area contributed by atoms with E-state index in [2.05, 4.69) is 4.74 Å². The van der Waals surface area contributed by atoms with E-state index in [-0.39, 0.29) is 19.4 Å². The van der Waals surface area contributed by atoms with Crippen LogP contribution in [0.2, 0.25) is 0 Å². The van der Waals surface area contributed by atoms with Gasteiger partial charge in [0.2, 0.25) is 0 Å². The Morgan fingerprint density at radius 1 is 1.50 bits per heavy atom. The molecule has 0 aromatic rings. The monoisotopic (exact) mass is 213 g/mol. The molecular weight excluding hydrogens is 199 g/mol. The highest BCUT2D eigenvalue weighted by Gasteiger charge is 2.27. The third-order valence-corrected chi connectivity index (χ3v) is 1.56. The molecule has 6 heteroatoms. The van der Waals surface area contributed by atoms with Crippen molar-refractivity contribution in [3.8, 4) is 0 Å². The molecule has 14 heavy (non-hydrogen) atoms. The molecule has 2 N–H and O–H groups in total. The Kier molecular flexibility index (Phi) is 5.52. The summed E-state index contributed by atoms with van der Waals surface area (Å²) in [6.45, 7) is 1.80. The number of alkyl halides is 3. The van der Waals surface area contributed by atoms with Crippen molar-refractivity contribution in [2.75, 3.05) is 6.61 Å². The predicted octanol–water partition coefficient (Wildman–Crippen LogP) is 1.61. The third kappa shape index (κ3) is 6.71. The van der Waals surface area contributed by atoms with Crippen LogP contribution >= 0.6 is 0 Å². The molecule has 0 aliphatic heterocycles. The Balaban J connectivity index is 3.63.